The average Bonchev–Trinajstić information content (AvgIpc) is 2.56. The minimum Gasteiger partial charge on any atom is -0.481 e. The second-order valence-corrected chi connectivity index (χ2v) is 6.34. The molecule has 2 amide bonds. The smallest absolute Gasteiger partial charge is 0.306 e. The van der Waals surface area contributed by atoms with Crippen LogP contribution in [0, 0.1) is 5.92 Å². The molecule has 6 nitrogen and oxygen atoms in total. The molecule has 1 aliphatic rings. The zero-order chi connectivity index (χ0) is 17.8. The molecule has 130 valence electrons. The number of amides is 2. The Bertz CT molecular complexity index is 812. The Morgan fingerprint density at radius 1 is 1.04 bits per heavy atom. The molecule has 0 heterocycles. The van der Waals surface area contributed by atoms with Gasteiger partial charge in [-0.25, -0.2) is 0 Å². The summed E-state index contributed by atoms with van der Waals surface area (Å²) in [5.41, 5.74) is 0.558. The Morgan fingerprint density at radius 2 is 1.76 bits per heavy atom. The van der Waals surface area contributed by atoms with Crippen LogP contribution >= 0.6 is 0 Å². The van der Waals surface area contributed by atoms with Gasteiger partial charge in [-0.2, -0.15) is 0 Å². The molecule has 3 N–H and O–H groups in total. The van der Waals surface area contributed by atoms with Crippen molar-refractivity contribution < 1.29 is 19.5 Å². The Morgan fingerprint density at radius 3 is 2.48 bits per heavy atom. The fourth-order valence-corrected chi connectivity index (χ4v) is 2.96. The lowest BCUT2D eigenvalue weighted by atomic mass is 9.80. The first-order chi connectivity index (χ1) is 12.0. The van der Waals surface area contributed by atoms with Gasteiger partial charge >= 0.3 is 5.97 Å². The summed E-state index contributed by atoms with van der Waals surface area (Å²) < 4.78 is 0. The van der Waals surface area contributed by atoms with Gasteiger partial charge in [0.1, 0.15) is 0 Å². The average molecular weight is 340 g/mol. The molecule has 25 heavy (non-hydrogen) atoms. The highest BCUT2D eigenvalue weighted by molar-refractivity contribution is 5.98. The highest BCUT2D eigenvalue weighted by atomic mass is 16.4. The molecule has 2 aromatic rings. The molecule has 1 saturated carbocycles. The van der Waals surface area contributed by atoms with E-state index in [0.717, 1.165) is 10.8 Å². The highest BCUT2D eigenvalue weighted by Crippen LogP contribution is 2.27. The van der Waals surface area contributed by atoms with Gasteiger partial charge in [0.25, 0.3) is 5.91 Å². The first-order valence-electron chi connectivity index (χ1n) is 8.32. The second kappa shape index (κ2) is 7.34. The van der Waals surface area contributed by atoms with Crippen LogP contribution in [0.5, 0.6) is 0 Å². The van der Waals surface area contributed by atoms with E-state index in [1.807, 2.05) is 36.4 Å². The number of rotatable bonds is 6. The standard InChI is InChI=1S/C19H20N2O4/c22-17(21-16-10-15(11-16)19(24)25)7-8-20-18(23)14-6-5-12-3-1-2-4-13(12)9-14/h1-6,9,15-16H,7-8,10-11H2,(H,20,23)(H,21,22)(H,24,25). The molecule has 0 saturated heterocycles. The second-order valence-electron chi connectivity index (χ2n) is 6.34. The van der Waals surface area contributed by atoms with Crippen molar-refractivity contribution in [2.45, 2.75) is 25.3 Å². The predicted molar refractivity (Wildman–Crippen MR) is 93.2 cm³/mol. The summed E-state index contributed by atoms with van der Waals surface area (Å²) in [5, 5.41) is 16.4. The SMILES string of the molecule is O=C(CCNC(=O)c1ccc2ccccc2c1)NC1CC(C(=O)O)C1. The van der Waals surface area contributed by atoms with Gasteiger partial charge in [0, 0.05) is 24.6 Å². The molecular formula is C19H20N2O4. The lowest BCUT2D eigenvalue weighted by molar-refractivity contribution is -0.146. The van der Waals surface area contributed by atoms with E-state index in [4.69, 9.17) is 5.11 Å². The fraction of sp³-hybridized carbons (Fsp3) is 0.316. The summed E-state index contributed by atoms with van der Waals surface area (Å²) in [6.07, 6.45) is 1.13. The van der Waals surface area contributed by atoms with Crippen LogP contribution in [0.3, 0.4) is 0 Å². The molecule has 1 fully saturated rings. The maximum atomic E-state index is 12.2. The van der Waals surface area contributed by atoms with Crippen LogP contribution in [0.15, 0.2) is 42.5 Å². The fourth-order valence-electron chi connectivity index (χ4n) is 2.96. The van der Waals surface area contributed by atoms with Gasteiger partial charge in [-0.05, 0) is 35.7 Å². The number of carbonyl (C=O) groups is 3. The molecule has 0 radical (unpaired) electrons. The topological polar surface area (TPSA) is 95.5 Å². The van der Waals surface area contributed by atoms with Crippen molar-refractivity contribution >= 4 is 28.6 Å². The minimum absolute atomic E-state index is 0.0650. The first kappa shape index (κ1) is 17.0. The van der Waals surface area contributed by atoms with E-state index >= 15 is 0 Å². The predicted octanol–water partition coefficient (Wildman–Crippen LogP) is 1.94. The van der Waals surface area contributed by atoms with E-state index in [9.17, 15) is 14.4 Å². The largest absolute Gasteiger partial charge is 0.481 e. The maximum Gasteiger partial charge on any atom is 0.306 e. The van der Waals surface area contributed by atoms with Crippen LogP contribution in [0.25, 0.3) is 10.8 Å². The molecule has 0 aromatic heterocycles. The van der Waals surface area contributed by atoms with Crippen molar-refractivity contribution in [3.05, 3.63) is 48.0 Å². The highest BCUT2D eigenvalue weighted by Gasteiger charge is 2.35. The summed E-state index contributed by atoms with van der Waals surface area (Å²) in [6.45, 7) is 0.243. The van der Waals surface area contributed by atoms with E-state index in [-0.39, 0.29) is 36.7 Å². The van der Waals surface area contributed by atoms with Gasteiger partial charge in [-0.15, -0.1) is 0 Å². The third-order valence-electron chi connectivity index (χ3n) is 4.50. The molecular weight excluding hydrogens is 320 g/mol. The van der Waals surface area contributed by atoms with Crippen LogP contribution in [0.1, 0.15) is 29.6 Å². The number of carbonyl (C=O) groups excluding carboxylic acids is 2. The van der Waals surface area contributed by atoms with Gasteiger partial charge < -0.3 is 15.7 Å². The summed E-state index contributed by atoms with van der Waals surface area (Å²) in [6, 6.07) is 13.2. The number of fused-ring (bicyclic) bond motifs is 1. The van der Waals surface area contributed by atoms with Gasteiger partial charge in [0.05, 0.1) is 5.92 Å². The van der Waals surface area contributed by atoms with Crippen LogP contribution in [0.2, 0.25) is 0 Å². The first-order valence-corrected chi connectivity index (χ1v) is 8.32. The quantitative estimate of drug-likeness (QED) is 0.749. The molecule has 2 aromatic carbocycles. The molecule has 3 rings (SSSR count). The van der Waals surface area contributed by atoms with Crippen molar-refractivity contribution in [3.8, 4) is 0 Å². The number of nitrogens with one attached hydrogen (secondary N) is 2. The number of aliphatic carboxylic acids is 1. The lowest BCUT2D eigenvalue weighted by Crippen LogP contribution is -2.47. The summed E-state index contributed by atoms with van der Waals surface area (Å²) in [7, 11) is 0. The molecule has 6 heteroatoms. The third kappa shape index (κ3) is 4.15. The molecule has 0 atom stereocenters. The van der Waals surface area contributed by atoms with Crippen molar-refractivity contribution in [2.75, 3.05) is 6.54 Å². The van der Waals surface area contributed by atoms with E-state index in [1.54, 1.807) is 6.07 Å². The Labute approximate surface area is 145 Å². The van der Waals surface area contributed by atoms with Crippen molar-refractivity contribution in [1.29, 1.82) is 0 Å². The summed E-state index contributed by atoms with van der Waals surface area (Å²) >= 11 is 0. The summed E-state index contributed by atoms with van der Waals surface area (Å²) in [4.78, 5) is 34.7. The van der Waals surface area contributed by atoms with Crippen molar-refractivity contribution in [2.24, 2.45) is 5.92 Å². The van der Waals surface area contributed by atoms with Gasteiger partial charge in [0.15, 0.2) is 0 Å². The van der Waals surface area contributed by atoms with Crippen molar-refractivity contribution in [3.63, 3.8) is 0 Å². The monoisotopic (exact) mass is 340 g/mol. The molecule has 0 spiro atoms. The normalized spacial score (nSPS) is 19.0. The van der Waals surface area contributed by atoms with E-state index in [0.29, 0.717) is 18.4 Å². The van der Waals surface area contributed by atoms with Gasteiger partial charge in [-0.1, -0.05) is 30.3 Å². The van der Waals surface area contributed by atoms with Crippen LogP contribution in [-0.4, -0.2) is 35.5 Å². The number of carboxylic acid groups (broad SMARTS) is 1. The molecule has 1 aliphatic carbocycles. The molecule has 0 bridgehead atoms. The Hall–Kier alpha value is -2.89. The van der Waals surface area contributed by atoms with Gasteiger partial charge in [-0.3, -0.25) is 14.4 Å². The minimum atomic E-state index is -0.812. The van der Waals surface area contributed by atoms with Crippen molar-refractivity contribution in [1.82, 2.24) is 10.6 Å². The lowest BCUT2D eigenvalue weighted by Gasteiger charge is -2.32. The molecule has 0 aliphatic heterocycles. The summed E-state index contributed by atoms with van der Waals surface area (Å²) in [5.74, 6) is -1.55. The number of carboxylic acids is 1. The zero-order valence-corrected chi connectivity index (χ0v) is 13.7. The van der Waals surface area contributed by atoms with E-state index in [2.05, 4.69) is 10.6 Å². The zero-order valence-electron chi connectivity index (χ0n) is 13.7. The van der Waals surface area contributed by atoms with Gasteiger partial charge in [0.2, 0.25) is 5.91 Å². The Balaban J connectivity index is 1.43. The number of hydrogen-bond acceptors (Lipinski definition) is 3. The van der Waals surface area contributed by atoms with Crippen LogP contribution < -0.4 is 10.6 Å². The third-order valence-corrected chi connectivity index (χ3v) is 4.50. The van der Waals surface area contributed by atoms with E-state index in [1.165, 1.54) is 0 Å². The number of benzene rings is 2. The van der Waals surface area contributed by atoms with Crippen LogP contribution in [-0.2, 0) is 9.59 Å². The maximum absolute atomic E-state index is 12.2. The van der Waals surface area contributed by atoms with E-state index < -0.39 is 5.97 Å². The van der Waals surface area contributed by atoms with Crippen LogP contribution in [0.4, 0.5) is 0 Å². The molecule has 0 unspecified atom stereocenters. The Kier molecular flexibility index (Phi) is 4.97. The number of hydrogen-bond donors (Lipinski definition) is 3.